The molecule has 5 nitrogen and oxygen atoms in total. The summed E-state index contributed by atoms with van der Waals surface area (Å²) in [4.78, 5) is 23.1. The largest absolute Gasteiger partial charge is 0.480 e. The van der Waals surface area contributed by atoms with Crippen molar-refractivity contribution in [2.75, 3.05) is 0 Å². The highest BCUT2D eigenvalue weighted by atomic mass is 32.2. The minimum atomic E-state index is -2.52. The van der Waals surface area contributed by atoms with Crippen LogP contribution in [-0.2, 0) is 10.5 Å². The Morgan fingerprint density at radius 2 is 2.00 bits per heavy atom. The molecule has 118 valence electrons. The lowest BCUT2D eigenvalue weighted by Gasteiger charge is -2.27. The van der Waals surface area contributed by atoms with Crippen LogP contribution in [0, 0.1) is 5.41 Å². The number of halogens is 2. The molecule has 0 saturated carbocycles. The molecule has 0 spiro atoms. The number of nitrogens with one attached hydrogen (secondary N) is 1. The van der Waals surface area contributed by atoms with Gasteiger partial charge < -0.3 is 14.8 Å². The molecule has 2 N–H and O–H groups in total. The molecule has 0 aliphatic heterocycles. The van der Waals surface area contributed by atoms with Crippen molar-refractivity contribution < 1.29 is 27.9 Å². The molecule has 1 heterocycles. The van der Waals surface area contributed by atoms with Gasteiger partial charge in [0, 0.05) is 0 Å². The number of rotatable bonds is 6. The number of carbonyl (C=O) groups excluding carboxylic acids is 1. The summed E-state index contributed by atoms with van der Waals surface area (Å²) < 4.78 is 29.2. The van der Waals surface area contributed by atoms with Crippen LogP contribution in [0.4, 0.5) is 8.78 Å². The van der Waals surface area contributed by atoms with Crippen LogP contribution in [0.1, 0.15) is 37.1 Å². The normalized spacial score (nSPS) is 13.2. The maximum atomic E-state index is 12.1. The Morgan fingerprint density at radius 3 is 2.48 bits per heavy atom. The average molecular weight is 321 g/mol. The van der Waals surface area contributed by atoms with Gasteiger partial charge in [0.25, 0.3) is 11.7 Å². The van der Waals surface area contributed by atoms with Crippen LogP contribution in [-0.4, -0.2) is 28.8 Å². The van der Waals surface area contributed by atoms with E-state index in [1.54, 1.807) is 20.8 Å². The van der Waals surface area contributed by atoms with Crippen LogP contribution >= 0.6 is 11.8 Å². The molecular weight excluding hydrogens is 304 g/mol. The number of carbonyl (C=O) groups is 2. The van der Waals surface area contributed by atoms with Gasteiger partial charge >= 0.3 is 5.97 Å². The second-order valence-corrected chi connectivity index (χ2v) is 6.43. The van der Waals surface area contributed by atoms with E-state index in [0.717, 1.165) is 0 Å². The second kappa shape index (κ2) is 6.93. The Bertz CT molecular complexity index is 511. The average Bonchev–Trinajstić information content (AvgIpc) is 2.80. The zero-order chi connectivity index (χ0) is 16.2. The van der Waals surface area contributed by atoms with Gasteiger partial charge in [-0.3, -0.25) is 4.79 Å². The van der Waals surface area contributed by atoms with Crippen LogP contribution in [0.5, 0.6) is 0 Å². The van der Waals surface area contributed by atoms with Crippen molar-refractivity contribution in [1.29, 1.82) is 0 Å². The SMILES string of the molecule is CC(C)(C)[C@@H](NC(=O)c1ccc(CSC(F)F)o1)C(=O)O. The van der Waals surface area contributed by atoms with Crippen molar-refractivity contribution in [3.63, 3.8) is 0 Å². The van der Waals surface area contributed by atoms with Gasteiger partial charge in [0.2, 0.25) is 0 Å². The summed E-state index contributed by atoms with van der Waals surface area (Å²) in [5.41, 5.74) is -0.678. The van der Waals surface area contributed by atoms with E-state index in [4.69, 9.17) is 9.52 Å². The van der Waals surface area contributed by atoms with Gasteiger partial charge in [0.1, 0.15) is 11.8 Å². The van der Waals surface area contributed by atoms with Crippen molar-refractivity contribution in [2.45, 2.75) is 38.3 Å². The molecule has 0 aliphatic rings. The number of hydrogen-bond donors (Lipinski definition) is 2. The van der Waals surface area contributed by atoms with Crippen LogP contribution in [0.2, 0.25) is 0 Å². The van der Waals surface area contributed by atoms with Crippen molar-refractivity contribution in [1.82, 2.24) is 5.32 Å². The molecule has 1 rings (SSSR count). The minimum Gasteiger partial charge on any atom is -0.480 e. The molecule has 1 amide bonds. The number of carboxylic acid groups (broad SMARTS) is 1. The molecule has 1 atom stereocenters. The lowest BCUT2D eigenvalue weighted by molar-refractivity contribution is -0.142. The number of thioether (sulfide) groups is 1. The predicted molar refractivity (Wildman–Crippen MR) is 74.4 cm³/mol. The fourth-order valence-corrected chi connectivity index (χ4v) is 2.02. The zero-order valence-electron chi connectivity index (χ0n) is 11.9. The van der Waals surface area contributed by atoms with Gasteiger partial charge in [-0.15, -0.1) is 0 Å². The summed E-state index contributed by atoms with van der Waals surface area (Å²) in [5, 5.41) is 11.5. The quantitative estimate of drug-likeness (QED) is 0.842. The lowest BCUT2D eigenvalue weighted by atomic mass is 9.87. The highest BCUT2D eigenvalue weighted by Crippen LogP contribution is 2.22. The summed E-state index contributed by atoms with van der Waals surface area (Å²) in [7, 11) is 0. The zero-order valence-corrected chi connectivity index (χ0v) is 12.7. The topological polar surface area (TPSA) is 79.5 Å². The lowest BCUT2D eigenvalue weighted by Crippen LogP contribution is -2.49. The summed E-state index contributed by atoms with van der Waals surface area (Å²) in [5.74, 6) is -4.30. The summed E-state index contributed by atoms with van der Waals surface area (Å²) in [6.45, 7) is 5.04. The third-order valence-electron chi connectivity index (χ3n) is 2.63. The Kier molecular flexibility index (Phi) is 5.77. The van der Waals surface area contributed by atoms with Crippen molar-refractivity contribution in [3.05, 3.63) is 23.7 Å². The smallest absolute Gasteiger partial charge is 0.326 e. The first-order valence-electron chi connectivity index (χ1n) is 6.13. The molecule has 0 aromatic carbocycles. The number of furan rings is 1. The molecule has 8 heteroatoms. The number of alkyl halides is 2. The Morgan fingerprint density at radius 1 is 1.38 bits per heavy atom. The van der Waals surface area contributed by atoms with E-state index in [9.17, 15) is 18.4 Å². The monoisotopic (exact) mass is 321 g/mol. The molecule has 21 heavy (non-hydrogen) atoms. The van der Waals surface area contributed by atoms with E-state index in [0.29, 0.717) is 11.8 Å². The maximum Gasteiger partial charge on any atom is 0.326 e. The maximum absolute atomic E-state index is 12.1. The van der Waals surface area contributed by atoms with E-state index in [-0.39, 0.29) is 17.3 Å². The van der Waals surface area contributed by atoms with E-state index in [1.165, 1.54) is 12.1 Å². The number of amides is 1. The molecule has 1 aromatic rings. The molecule has 1 aromatic heterocycles. The van der Waals surface area contributed by atoms with Gasteiger partial charge in [0.05, 0.1) is 5.75 Å². The highest BCUT2D eigenvalue weighted by molar-refractivity contribution is 7.98. The van der Waals surface area contributed by atoms with Crippen LogP contribution in [0.3, 0.4) is 0 Å². The second-order valence-electron chi connectivity index (χ2n) is 5.45. The third kappa shape index (κ3) is 5.37. The van der Waals surface area contributed by atoms with Gasteiger partial charge in [-0.05, 0) is 17.5 Å². The summed E-state index contributed by atoms with van der Waals surface area (Å²) >= 11 is 0.380. The molecule has 0 fully saturated rings. The molecule has 0 unspecified atom stereocenters. The van der Waals surface area contributed by atoms with Gasteiger partial charge in [0.15, 0.2) is 5.76 Å². The molecular formula is C13H17F2NO4S. The van der Waals surface area contributed by atoms with Crippen LogP contribution in [0.15, 0.2) is 16.5 Å². The van der Waals surface area contributed by atoms with E-state index in [1.807, 2.05) is 0 Å². The number of carboxylic acids is 1. The van der Waals surface area contributed by atoms with Gasteiger partial charge in [-0.1, -0.05) is 32.5 Å². The fraction of sp³-hybridized carbons (Fsp3) is 0.538. The summed E-state index contributed by atoms with van der Waals surface area (Å²) in [6, 6.07) is 1.66. The highest BCUT2D eigenvalue weighted by Gasteiger charge is 2.33. The number of hydrogen-bond acceptors (Lipinski definition) is 4. The van der Waals surface area contributed by atoms with E-state index >= 15 is 0 Å². The third-order valence-corrected chi connectivity index (χ3v) is 3.33. The minimum absolute atomic E-state index is 0.0629. The molecule has 0 aliphatic carbocycles. The Labute approximate surface area is 125 Å². The standard InChI is InChI=1S/C13H17F2NO4S/c1-13(2,3)9(11(18)19)16-10(17)8-5-4-7(20-8)6-21-12(14)15/h4-5,9,12H,6H2,1-3H3,(H,16,17)(H,18,19)/t9-/m0/s1. The Balaban J connectivity index is 2.73. The Hall–Kier alpha value is -1.57. The first-order valence-corrected chi connectivity index (χ1v) is 7.18. The first kappa shape index (κ1) is 17.5. The van der Waals surface area contributed by atoms with Crippen LogP contribution in [0.25, 0.3) is 0 Å². The van der Waals surface area contributed by atoms with Gasteiger partial charge in [-0.25, -0.2) is 4.79 Å². The van der Waals surface area contributed by atoms with Crippen molar-refractivity contribution >= 4 is 23.6 Å². The summed E-state index contributed by atoms with van der Waals surface area (Å²) in [6.07, 6.45) is 0. The number of aliphatic carboxylic acids is 1. The molecule has 0 bridgehead atoms. The van der Waals surface area contributed by atoms with Crippen LogP contribution < -0.4 is 5.32 Å². The van der Waals surface area contributed by atoms with Crippen molar-refractivity contribution in [3.8, 4) is 0 Å². The van der Waals surface area contributed by atoms with E-state index in [2.05, 4.69) is 5.32 Å². The molecule has 0 saturated heterocycles. The first-order chi connectivity index (χ1) is 9.61. The molecule has 0 radical (unpaired) electrons. The van der Waals surface area contributed by atoms with Gasteiger partial charge in [-0.2, -0.15) is 8.78 Å². The fourth-order valence-electron chi connectivity index (χ4n) is 1.57. The van der Waals surface area contributed by atoms with Crippen molar-refractivity contribution in [2.24, 2.45) is 5.41 Å². The predicted octanol–water partition coefficient (Wildman–Crippen LogP) is 2.96. The van der Waals surface area contributed by atoms with E-state index < -0.39 is 29.1 Å².